The number of aliphatic imine (C=N–C) groups is 1. The molecule has 3 N–H and O–H groups in total. The third-order valence-corrected chi connectivity index (χ3v) is 5.94. The largest absolute Gasteiger partial charge is 0.487 e. The van der Waals surface area contributed by atoms with Crippen molar-refractivity contribution in [1.82, 2.24) is 10.2 Å². The van der Waals surface area contributed by atoms with E-state index in [0.29, 0.717) is 34.7 Å². The Bertz CT molecular complexity index is 1270. The second-order valence-electron chi connectivity index (χ2n) is 8.25. The molecule has 4 rings (SSSR count). The van der Waals surface area contributed by atoms with Crippen LogP contribution in [-0.2, 0) is 27.4 Å². The molecule has 186 valence electrons. The van der Waals surface area contributed by atoms with Gasteiger partial charge in [-0.2, -0.15) is 5.10 Å². The number of amides is 3. The van der Waals surface area contributed by atoms with Crippen molar-refractivity contribution >= 4 is 35.6 Å². The molecule has 1 fully saturated rings. The molecule has 2 aromatic rings. The summed E-state index contributed by atoms with van der Waals surface area (Å²) < 4.78 is 10.6. The van der Waals surface area contributed by atoms with E-state index in [1.807, 2.05) is 6.07 Å². The third kappa shape index (κ3) is 5.24. The first-order valence-corrected chi connectivity index (χ1v) is 11.2. The second kappa shape index (κ2) is 10.8. The fourth-order valence-electron chi connectivity index (χ4n) is 4.12. The molecule has 0 aliphatic carbocycles. The van der Waals surface area contributed by atoms with Gasteiger partial charge in [-0.15, -0.1) is 0 Å². The zero-order valence-electron chi connectivity index (χ0n) is 19.6. The summed E-state index contributed by atoms with van der Waals surface area (Å²) in [4.78, 5) is 54.1. The highest BCUT2D eigenvalue weighted by molar-refractivity contribution is 6.31. The van der Waals surface area contributed by atoms with E-state index in [9.17, 15) is 19.2 Å². The van der Waals surface area contributed by atoms with Gasteiger partial charge in [-0.3, -0.25) is 24.7 Å². The van der Waals surface area contributed by atoms with Gasteiger partial charge in [-0.05, 0) is 36.2 Å². The SMILES string of the molecule is COC(=O)c1cccc(CN=CC(COc2cccc3c2CN(C2CCC(=O)NC2=O)C3=O)=NN)c1. The number of benzene rings is 2. The van der Waals surface area contributed by atoms with E-state index in [0.717, 1.165) is 5.56 Å². The average molecular weight is 492 g/mol. The quantitative estimate of drug-likeness (QED) is 0.185. The first kappa shape index (κ1) is 24.6. The summed E-state index contributed by atoms with van der Waals surface area (Å²) in [5.41, 5.74) is 2.70. The average Bonchev–Trinajstić information content (AvgIpc) is 3.22. The van der Waals surface area contributed by atoms with Gasteiger partial charge < -0.3 is 20.2 Å². The fraction of sp³-hybridized carbons (Fsp3) is 0.280. The normalized spacial score (nSPS) is 17.8. The summed E-state index contributed by atoms with van der Waals surface area (Å²) >= 11 is 0. The van der Waals surface area contributed by atoms with E-state index >= 15 is 0 Å². The summed E-state index contributed by atoms with van der Waals surface area (Å²) in [6.07, 6.45) is 1.95. The van der Waals surface area contributed by atoms with E-state index in [1.54, 1.807) is 36.4 Å². The Balaban J connectivity index is 1.39. The third-order valence-electron chi connectivity index (χ3n) is 5.94. The highest BCUT2D eigenvalue weighted by Crippen LogP contribution is 2.33. The molecule has 1 saturated heterocycles. The van der Waals surface area contributed by atoms with Gasteiger partial charge in [0.25, 0.3) is 5.91 Å². The van der Waals surface area contributed by atoms with Gasteiger partial charge in [-0.1, -0.05) is 18.2 Å². The summed E-state index contributed by atoms with van der Waals surface area (Å²) in [5, 5.41) is 6.00. The van der Waals surface area contributed by atoms with Crippen LogP contribution in [0.2, 0.25) is 0 Å². The number of fused-ring (bicyclic) bond motifs is 1. The molecule has 2 heterocycles. The first-order valence-electron chi connectivity index (χ1n) is 11.2. The number of ether oxygens (including phenoxy) is 2. The molecule has 3 amide bonds. The Morgan fingerprint density at radius 3 is 2.78 bits per heavy atom. The van der Waals surface area contributed by atoms with E-state index in [2.05, 4.69) is 15.4 Å². The Morgan fingerprint density at radius 1 is 1.22 bits per heavy atom. The number of hydrazone groups is 1. The zero-order chi connectivity index (χ0) is 25.7. The van der Waals surface area contributed by atoms with E-state index in [4.69, 9.17) is 15.3 Å². The molecule has 11 heteroatoms. The number of piperidine rings is 1. The molecular formula is C25H25N5O6. The molecule has 36 heavy (non-hydrogen) atoms. The predicted octanol–water partition coefficient (Wildman–Crippen LogP) is 1.20. The topological polar surface area (TPSA) is 153 Å². The van der Waals surface area contributed by atoms with Crippen molar-refractivity contribution in [3.8, 4) is 5.75 Å². The highest BCUT2D eigenvalue weighted by Gasteiger charge is 2.40. The van der Waals surface area contributed by atoms with Crippen LogP contribution >= 0.6 is 0 Å². The Kier molecular flexibility index (Phi) is 7.38. The van der Waals surface area contributed by atoms with Gasteiger partial charge >= 0.3 is 5.97 Å². The smallest absolute Gasteiger partial charge is 0.337 e. The molecule has 0 bridgehead atoms. The number of carbonyl (C=O) groups is 4. The Hall–Kier alpha value is -4.54. The van der Waals surface area contributed by atoms with Crippen LogP contribution in [0.25, 0.3) is 0 Å². The van der Waals surface area contributed by atoms with Gasteiger partial charge in [0.05, 0.1) is 25.8 Å². The standard InChI is InChI=1S/C25H25N5O6/c1-35-25(34)16-5-2-4-15(10-16)11-27-12-17(29-26)14-36-21-7-3-6-18-19(21)13-30(24(18)33)20-8-9-22(31)28-23(20)32/h2-7,10,12,20H,8-9,11,13-14,26H2,1H3,(H,28,31,32). The van der Waals surface area contributed by atoms with Crippen LogP contribution in [0.4, 0.5) is 0 Å². The van der Waals surface area contributed by atoms with E-state index in [-0.39, 0.29) is 37.8 Å². The molecule has 2 aliphatic rings. The van der Waals surface area contributed by atoms with E-state index < -0.39 is 17.9 Å². The molecule has 0 spiro atoms. The van der Waals surface area contributed by atoms with Crippen LogP contribution in [0.15, 0.2) is 52.6 Å². The van der Waals surface area contributed by atoms with Gasteiger partial charge in [0.2, 0.25) is 11.8 Å². The molecule has 1 atom stereocenters. The summed E-state index contributed by atoms with van der Waals surface area (Å²) in [6, 6.07) is 11.3. The lowest BCUT2D eigenvalue weighted by Crippen LogP contribution is -2.52. The molecule has 2 aromatic carbocycles. The molecule has 0 saturated carbocycles. The van der Waals surface area contributed by atoms with Gasteiger partial charge in [-0.25, -0.2) is 4.79 Å². The van der Waals surface area contributed by atoms with Crippen molar-refractivity contribution in [2.75, 3.05) is 13.7 Å². The summed E-state index contributed by atoms with van der Waals surface area (Å²) in [6.45, 7) is 0.488. The number of hydrogen-bond donors (Lipinski definition) is 2. The monoisotopic (exact) mass is 491 g/mol. The zero-order valence-corrected chi connectivity index (χ0v) is 19.6. The van der Waals surface area contributed by atoms with Gasteiger partial charge in [0.15, 0.2) is 0 Å². The van der Waals surface area contributed by atoms with Crippen LogP contribution in [-0.4, -0.2) is 60.3 Å². The predicted molar refractivity (Wildman–Crippen MR) is 130 cm³/mol. The molecular weight excluding hydrogens is 466 g/mol. The van der Waals surface area contributed by atoms with Crippen molar-refractivity contribution < 1.29 is 28.7 Å². The van der Waals surface area contributed by atoms with Crippen molar-refractivity contribution in [3.63, 3.8) is 0 Å². The van der Waals surface area contributed by atoms with Crippen molar-refractivity contribution in [2.24, 2.45) is 15.9 Å². The van der Waals surface area contributed by atoms with Crippen molar-refractivity contribution in [2.45, 2.75) is 32.0 Å². The highest BCUT2D eigenvalue weighted by atomic mass is 16.5. The van der Waals surface area contributed by atoms with Crippen molar-refractivity contribution in [3.05, 3.63) is 64.7 Å². The summed E-state index contributed by atoms with van der Waals surface area (Å²) in [7, 11) is 1.32. The van der Waals surface area contributed by atoms with Crippen LogP contribution in [0.3, 0.4) is 0 Å². The maximum absolute atomic E-state index is 12.9. The van der Waals surface area contributed by atoms with Crippen LogP contribution < -0.4 is 15.9 Å². The van der Waals surface area contributed by atoms with Crippen molar-refractivity contribution in [1.29, 1.82) is 0 Å². The van der Waals surface area contributed by atoms with Gasteiger partial charge in [0, 0.05) is 23.8 Å². The number of hydrogen-bond acceptors (Lipinski definition) is 9. The lowest BCUT2D eigenvalue weighted by atomic mass is 10.0. The maximum Gasteiger partial charge on any atom is 0.337 e. The van der Waals surface area contributed by atoms with E-state index in [1.165, 1.54) is 18.2 Å². The number of imide groups is 1. The number of nitrogens with one attached hydrogen (secondary N) is 1. The molecule has 0 aromatic heterocycles. The lowest BCUT2D eigenvalue weighted by Gasteiger charge is -2.29. The molecule has 0 radical (unpaired) electrons. The van der Waals surface area contributed by atoms with Crippen LogP contribution in [0.1, 0.15) is 44.7 Å². The first-order chi connectivity index (χ1) is 17.4. The number of carbonyl (C=O) groups excluding carboxylic acids is 4. The summed E-state index contributed by atoms with van der Waals surface area (Å²) in [5.74, 6) is 4.45. The van der Waals surface area contributed by atoms with Crippen LogP contribution in [0, 0.1) is 0 Å². The Morgan fingerprint density at radius 2 is 2.03 bits per heavy atom. The Labute approximate surface area is 207 Å². The number of nitrogens with zero attached hydrogens (tertiary/aromatic N) is 3. The number of rotatable bonds is 8. The minimum absolute atomic E-state index is 0.00522. The molecule has 2 aliphatic heterocycles. The minimum atomic E-state index is -0.707. The number of methoxy groups -OCH3 is 1. The maximum atomic E-state index is 12.9. The molecule has 1 unspecified atom stereocenters. The molecule has 11 nitrogen and oxygen atoms in total. The second-order valence-corrected chi connectivity index (χ2v) is 8.25. The minimum Gasteiger partial charge on any atom is -0.487 e. The number of esters is 1. The fourth-order valence-corrected chi connectivity index (χ4v) is 4.12. The van der Waals surface area contributed by atoms with Gasteiger partial charge in [0.1, 0.15) is 24.1 Å². The lowest BCUT2D eigenvalue weighted by molar-refractivity contribution is -0.136. The number of nitrogens with two attached hydrogens (primary N) is 1. The van der Waals surface area contributed by atoms with Crippen LogP contribution in [0.5, 0.6) is 5.75 Å².